The normalized spacial score (nSPS) is 11.3. The Kier molecular flexibility index (Phi) is 8.57. The number of aromatic nitrogens is 4. The molecule has 0 atom stereocenters. The largest absolute Gasteiger partial charge is 0.494 e. The van der Waals surface area contributed by atoms with E-state index >= 15 is 0 Å². The van der Waals surface area contributed by atoms with Gasteiger partial charge in [0.2, 0.25) is 5.95 Å². The van der Waals surface area contributed by atoms with Crippen molar-refractivity contribution in [2.45, 2.75) is 6.55 Å². The smallest absolute Gasteiger partial charge is 0.333 e. The van der Waals surface area contributed by atoms with Crippen LogP contribution in [0.25, 0.3) is 22.3 Å². The van der Waals surface area contributed by atoms with E-state index in [4.69, 9.17) is 4.74 Å². The van der Waals surface area contributed by atoms with Crippen molar-refractivity contribution in [1.29, 1.82) is 0 Å². The number of benzene rings is 2. The molecule has 2 heterocycles. The lowest BCUT2D eigenvalue weighted by Crippen LogP contribution is -2.30. The monoisotopic (exact) mass is 538 g/mol. The number of fused-ring (bicyclic) bond motifs is 1. The van der Waals surface area contributed by atoms with Gasteiger partial charge in [0.15, 0.2) is 0 Å². The Morgan fingerprint density at radius 1 is 1.13 bits per heavy atom. The number of methoxy groups -OCH3 is 1. The highest BCUT2D eigenvalue weighted by molar-refractivity contribution is 5.92. The van der Waals surface area contributed by atoms with Crippen LogP contribution in [0.5, 0.6) is 5.75 Å². The molecule has 0 spiro atoms. The van der Waals surface area contributed by atoms with Crippen LogP contribution < -0.4 is 20.0 Å². The molecule has 0 unspecified atom stereocenters. The standard InChI is InChI=1S/C27H32F2N8O2/c1-6-13-36(38)23-16-20(24(39-5)17-22(23)35(4)15-14-34(2)3)32-27-30-12-11-19(31-27)25-18-9-7-8-10-21(18)37(33-25)26(28)29/h6-12,16-17,26,38H,1,13-15H2,2-5H3,(H,30,31,32). The Balaban J connectivity index is 1.73. The van der Waals surface area contributed by atoms with Gasteiger partial charge in [0.1, 0.15) is 11.4 Å². The van der Waals surface area contributed by atoms with Crippen LogP contribution >= 0.6 is 0 Å². The zero-order chi connectivity index (χ0) is 28.1. The van der Waals surface area contributed by atoms with Gasteiger partial charge in [0, 0.05) is 37.8 Å². The molecule has 39 heavy (non-hydrogen) atoms. The van der Waals surface area contributed by atoms with E-state index in [-0.39, 0.29) is 12.5 Å². The van der Waals surface area contributed by atoms with E-state index in [2.05, 4.69) is 31.9 Å². The molecule has 0 aliphatic heterocycles. The lowest BCUT2D eigenvalue weighted by molar-refractivity contribution is 0.0617. The van der Waals surface area contributed by atoms with Crippen LogP contribution in [0, 0.1) is 0 Å². The number of alkyl halides is 2. The number of halogens is 2. The summed E-state index contributed by atoms with van der Waals surface area (Å²) in [5.74, 6) is 0.702. The van der Waals surface area contributed by atoms with E-state index in [0.717, 1.165) is 17.3 Å². The van der Waals surface area contributed by atoms with Gasteiger partial charge in [0.25, 0.3) is 0 Å². The van der Waals surface area contributed by atoms with Crippen LogP contribution in [-0.4, -0.2) is 77.7 Å². The first-order chi connectivity index (χ1) is 18.7. The van der Waals surface area contributed by atoms with Crippen LogP contribution in [-0.2, 0) is 0 Å². The van der Waals surface area contributed by atoms with Crippen LogP contribution in [0.2, 0.25) is 0 Å². The van der Waals surface area contributed by atoms with E-state index in [1.807, 2.05) is 32.1 Å². The van der Waals surface area contributed by atoms with Gasteiger partial charge < -0.3 is 19.9 Å². The Bertz CT molecular complexity index is 1440. The summed E-state index contributed by atoms with van der Waals surface area (Å²) in [5.41, 5.74) is 2.77. The highest BCUT2D eigenvalue weighted by atomic mass is 19.3. The summed E-state index contributed by atoms with van der Waals surface area (Å²) in [6.07, 6.45) is 3.12. The second kappa shape index (κ2) is 12.0. The number of para-hydroxylation sites is 1. The van der Waals surface area contributed by atoms with Crippen molar-refractivity contribution < 1.29 is 18.7 Å². The molecule has 0 bridgehead atoms. The number of anilines is 4. The average molecular weight is 539 g/mol. The summed E-state index contributed by atoms with van der Waals surface area (Å²) >= 11 is 0. The first-order valence-electron chi connectivity index (χ1n) is 12.2. The van der Waals surface area contributed by atoms with Crippen LogP contribution in [0.3, 0.4) is 0 Å². The topological polar surface area (TPSA) is 94.8 Å². The maximum atomic E-state index is 13.6. The van der Waals surface area contributed by atoms with Crippen molar-refractivity contribution in [2.24, 2.45) is 0 Å². The molecule has 0 fully saturated rings. The van der Waals surface area contributed by atoms with Gasteiger partial charge in [-0.3, -0.25) is 10.3 Å². The number of nitrogens with zero attached hydrogens (tertiary/aromatic N) is 7. The van der Waals surface area contributed by atoms with Gasteiger partial charge >= 0.3 is 6.55 Å². The molecule has 0 aliphatic carbocycles. The second-order valence-corrected chi connectivity index (χ2v) is 9.12. The highest BCUT2D eigenvalue weighted by Crippen LogP contribution is 2.39. The molecule has 4 aromatic rings. The minimum atomic E-state index is -2.79. The fraction of sp³-hybridized carbons (Fsp3) is 0.296. The SMILES string of the molecule is C=CCN(O)c1cc(Nc2nccc(-c3nn(C(F)F)c4ccccc34)n2)c(OC)cc1N(C)CCN(C)C. The van der Waals surface area contributed by atoms with E-state index in [9.17, 15) is 14.0 Å². The summed E-state index contributed by atoms with van der Waals surface area (Å²) in [5, 5.41) is 19.7. The number of hydrogen-bond acceptors (Lipinski definition) is 9. The van der Waals surface area contributed by atoms with Crippen LogP contribution in [0.1, 0.15) is 6.55 Å². The lowest BCUT2D eigenvalue weighted by atomic mass is 10.1. The first kappa shape index (κ1) is 27.7. The molecule has 0 saturated carbocycles. The Morgan fingerprint density at radius 3 is 2.59 bits per heavy atom. The lowest BCUT2D eigenvalue weighted by Gasteiger charge is -2.28. The predicted molar refractivity (Wildman–Crippen MR) is 149 cm³/mol. The molecule has 12 heteroatoms. The quantitative estimate of drug-likeness (QED) is 0.190. The number of hydroxylamine groups is 1. The maximum Gasteiger partial charge on any atom is 0.333 e. The van der Waals surface area contributed by atoms with E-state index in [0.29, 0.717) is 50.6 Å². The molecule has 206 valence electrons. The average Bonchev–Trinajstić information content (AvgIpc) is 3.32. The van der Waals surface area contributed by atoms with Crippen molar-refractivity contribution in [3.63, 3.8) is 0 Å². The van der Waals surface area contributed by atoms with E-state index < -0.39 is 6.55 Å². The van der Waals surface area contributed by atoms with Gasteiger partial charge in [-0.25, -0.2) is 14.6 Å². The minimum Gasteiger partial charge on any atom is -0.494 e. The summed E-state index contributed by atoms with van der Waals surface area (Å²) in [4.78, 5) is 12.9. The molecule has 10 nitrogen and oxygen atoms in total. The molecule has 0 saturated heterocycles. The summed E-state index contributed by atoms with van der Waals surface area (Å²) < 4.78 is 33.6. The summed E-state index contributed by atoms with van der Waals surface area (Å²) in [6.45, 7) is 2.64. The van der Waals surface area contributed by atoms with E-state index in [1.165, 1.54) is 6.20 Å². The molecule has 2 aromatic carbocycles. The van der Waals surface area contributed by atoms with Gasteiger partial charge in [-0.05, 0) is 32.3 Å². The second-order valence-electron chi connectivity index (χ2n) is 9.12. The number of likely N-dealkylation sites (N-methyl/N-ethyl adjacent to an activating group) is 2. The maximum absolute atomic E-state index is 13.6. The third-order valence-electron chi connectivity index (χ3n) is 6.11. The third-order valence-corrected chi connectivity index (χ3v) is 6.11. The van der Waals surface area contributed by atoms with Crippen molar-refractivity contribution in [3.05, 3.63) is 61.3 Å². The molecular weight excluding hydrogens is 506 g/mol. The van der Waals surface area contributed by atoms with Crippen molar-refractivity contribution in [1.82, 2.24) is 24.6 Å². The fourth-order valence-electron chi connectivity index (χ4n) is 4.13. The molecule has 0 aliphatic rings. The predicted octanol–water partition coefficient (Wildman–Crippen LogP) is 5.02. The first-order valence-corrected chi connectivity index (χ1v) is 12.2. The summed E-state index contributed by atoms with van der Waals surface area (Å²) in [6, 6.07) is 11.9. The van der Waals surface area contributed by atoms with Crippen LogP contribution in [0.15, 0.2) is 61.3 Å². The minimum absolute atomic E-state index is 0.201. The summed E-state index contributed by atoms with van der Waals surface area (Å²) in [7, 11) is 7.47. The van der Waals surface area contributed by atoms with Gasteiger partial charge in [0.05, 0.1) is 41.9 Å². The highest BCUT2D eigenvalue weighted by Gasteiger charge is 2.20. The van der Waals surface area contributed by atoms with E-state index in [1.54, 1.807) is 49.6 Å². The van der Waals surface area contributed by atoms with Gasteiger partial charge in [-0.15, -0.1) is 6.58 Å². The zero-order valence-electron chi connectivity index (χ0n) is 22.3. The van der Waals surface area contributed by atoms with Crippen molar-refractivity contribution in [3.8, 4) is 17.1 Å². The van der Waals surface area contributed by atoms with Gasteiger partial charge in [-0.2, -0.15) is 13.9 Å². The molecule has 0 radical (unpaired) electrons. The Hall–Kier alpha value is -4.29. The van der Waals surface area contributed by atoms with Crippen molar-refractivity contribution in [2.75, 3.05) is 63.2 Å². The Labute approximate surface area is 225 Å². The number of hydrogen-bond donors (Lipinski definition) is 2. The Morgan fingerprint density at radius 2 is 1.90 bits per heavy atom. The van der Waals surface area contributed by atoms with Crippen molar-refractivity contribution >= 4 is 33.9 Å². The molecule has 4 rings (SSSR count). The third kappa shape index (κ3) is 6.07. The zero-order valence-corrected chi connectivity index (χ0v) is 22.3. The number of rotatable bonds is 12. The molecule has 2 aromatic heterocycles. The fourth-order valence-corrected chi connectivity index (χ4v) is 4.13. The molecular formula is C27H32F2N8O2. The van der Waals surface area contributed by atoms with Gasteiger partial charge in [-0.1, -0.05) is 24.3 Å². The molecule has 2 N–H and O–H groups in total. The van der Waals surface area contributed by atoms with Crippen LogP contribution in [0.4, 0.5) is 31.8 Å². The molecule has 0 amide bonds. The number of nitrogens with one attached hydrogen (secondary N) is 1. The number of ether oxygens (including phenoxy) is 1.